The topological polar surface area (TPSA) is 97.2 Å². The van der Waals surface area contributed by atoms with Crippen molar-refractivity contribution in [2.24, 2.45) is 10.9 Å². The maximum absolute atomic E-state index is 12.3. The van der Waals surface area contributed by atoms with E-state index in [2.05, 4.69) is 17.4 Å². The Hall–Kier alpha value is -3.03. The summed E-state index contributed by atoms with van der Waals surface area (Å²) in [6.45, 7) is 5.56. The van der Waals surface area contributed by atoms with E-state index in [-0.39, 0.29) is 18.4 Å². The van der Waals surface area contributed by atoms with Crippen LogP contribution in [0.15, 0.2) is 59.6 Å². The molecule has 2 aromatic carbocycles. The lowest BCUT2D eigenvalue weighted by Gasteiger charge is -2.25. The highest BCUT2D eigenvalue weighted by molar-refractivity contribution is 5.87. The van der Waals surface area contributed by atoms with Gasteiger partial charge >= 0.3 is 5.97 Å². The Balaban J connectivity index is 1.48. The standard InChI is InChI=1S/C27H34N2O5/c1-27(2,26(31)32)34-15-13-28-24-12-14-33-19-23(24)16-20-8-10-21(11-9-20)17-25(30)29-18-22-6-4-3-5-7-22/h3-11,23H,12-19H2,1-2H3,(H,29,30)(H,31,32). The van der Waals surface area contributed by atoms with Crippen LogP contribution in [-0.4, -0.2) is 54.7 Å². The number of carboxylic acids is 1. The number of aliphatic imine (C=N–C) groups is 1. The van der Waals surface area contributed by atoms with Crippen LogP contribution >= 0.6 is 0 Å². The van der Waals surface area contributed by atoms with E-state index in [4.69, 9.17) is 19.6 Å². The van der Waals surface area contributed by atoms with Crippen molar-refractivity contribution in [3.63, 3.8) is 0 Å². The van der Waals surface area contributed by atoms with Crippen LogP contribution in [0.1, 0.15) is 37.0 Å². The van der Waals surface area contributed by atoms with Crippen LogP contribution in [0.25, 0.3) is 0 Å². The minimum Gasteiger partial charge on any atom is -0.479 e. The van der Waals surface area contributed by atoms with Crippen LogP contribution in [0.2, 0.25) is 0 Å². The monoisotopic (exact) mass is 466 g/mol. The third-order valence-corrected chi connectivity index (χ3v) is 5.88. The minimum atomic E-state index is -1.21. The van der Waals surface area contributed by atoms with Gasteiger partial charge in [-0.05, 0) is 37.0 Å². The number of carbonyl (C=O) groups is 2. The van der Waals surface area contributed by atoms with Crippen LogP contribution in [0.5, 0.6) is 0 Å². The number of hydrogen-bond donors (Lipinski definition) is 2. The lowest BCUT2D eigenvalue weighted by atomic mass is 9.91. The van der Waals surface area contributed by atoms with Crippen LogP contribution in [0, 0.1) is 5.92 Å². The first-order chi connectivity index (χ1) is 16.3. The Labute approximate surface area is 201 Å². The van der Waals surface area contributed by atoms with E-state index in [1.807, 2.05) is 42.5 Å². The molecule has 7 nitrogen and oxygen atoms in total. The second kappa shape index (κ2) is 12.4. The first-order valence-corrected chi connectivity index (χ1v) is 11.7. The summed E-state index contributed by atoms with van der Waals surface area (Å²) in [5.41, 5.74) is 3.10. The summed E-state index contributed by atoms with van der Waals surface area (Å²) in [7, 11) is 0. The van der Waals surface area contributed by atoms with Gasteiger partial charge in [-0.3, -0.25) is 9.79 Å². The van der Waals surface area contributed by atoms with Gasteiger partial charge in [0.05, 0.1) is 32.8 Å². The minimum absolute atomic E-state index is 0.00000217. The number of nitrogens with one attached hydrogen (secondary N) is 1. The molecular formula is C27H34N2O5. The Kier molecular flexibility index (Phi) is 9.36. The Morgan fingerprint density at radius 3 is 2.50 bits per heavy atom. The largest absolute Gasteiger partial charge is 0.479 e. The van der Waals surface area contributed by atoms with Crippen LogP contribution in [0.4, 0.5) is 0 Å². The molecule has 182 valence electrons. The molecule has 1 heterocycles. The zero-order chi connectivity index (χ0) is 24.4. The molecule has 2 aromatic rings. The number of benzene rings is 2. The lowest BCUT2D eigenvalue weighted by Crippen LogP contribution is -2.35. The van der Waals surface area contributed by atoms with Gasteiger partial charge in [-0.25, -0.2) is 4.79 Å². The van der Waals surface area contributed by atoms with Gasteiger partial charge in [0.15, 0.2) is 5.60 Å². The molecule has 1 fully saturated rings. The van der Waals surface area contributed by atoms with E-state index >= 15 is 0 Å². The zero-order valence-electron chi connectivity index (χ0n) is 20.0. The van der Waals surface area contributed by atoms with Crippen molar-refractivity contribution in [2.45, 2.75) is 45.3 Å². The maximum atomic E-state index is 12.3. The summed E-state index contributed by atoms with van der Waals surface area (Å²) >= 11 is 0. The molecule has 1 saturated heterocycles. The molecule has 1 atom stereocenters. The van der Waals surface area contributed by atoms with Gasteiger partial charge in [0.25, 0.3) is 0 Å². The van der Waals surface area contributed by atoms with Crippen molar-refractivity contribution in [3.05, 3.63) is 71.3 Å². The molecule has 1 amide bonds. The number of rotatable bonds is 11. The first kappa shape index (κ1) is 25.6. The number of amides is 1. The summed E-state index contributed by atoms with van der Waals surface area (Å²) in [6, 6.07) is 18.0. The first-order valence-electron chi connectivity index (χ1n) is 11.7. The van der Waals surface area contributed by atoms with Crippen molar-refractivity contribution in [1.82, 2.24) is 5.32 Å². The Bertz CT molecular complexity index is 970. The lowest BCUT2D eigenvalue weighted by molar-refractivity contribution is -0.160. The SMILES string of the molecule is CC(C)(OCCN=C1CCOCC1Cc1ccc(CC(=O)NCc2ccccc2)cc1)C(=O)O. The molecule has 34 heavy (non-hydrogen) atoms. The molecule has 7 heteroatoms. The van der Waals surface area contributed by atoms with E-state index < -0.39 is 11.6 Å². The molecule has 1 unspecified atom stereocenters. The van der Waals surface area contributed by atoms with Crippen LogP contribution in [-0.2, 0) is 38.4 Å². The van der Waals surface area contributed by atoms with Crippen LogP contribution < -0.4 is 5.32 Å². The summed E-state index contributed by atoms with van der Waals surface area (Å²) in [4.78, 5) is 28.1. The number of carbonyl (C=O) groups excluding carboxylic acids is 1. The summed E-state index contributed by atoms with van der Waals surface area (Å²) in [6.07, 6.45) is 1.92. The summed E-state index contributed by atoms with van der Waals surface area (Å²) in [5, 5.41) is 12.1. The fourth-order valence-electron chi connectivity index (χ4n) is 3.76. The van der Waals surface area contributed by atoms with E-state index in [0.717, 1.165) is 29.7 Å². The van der Waals surface area contributed by atoms with E-state index in [1.54, 1.807) is 0 Å². The quantitative estimate of drug-likeness (QED) is 0.495. The van der Waals surface area contributed by atoms with Crippen molar-refractivity contribution in [1.29, 1.82) is 0 Å². The van der Waals surface area contributed by atoms with Gasteiger partial charge in [-0.15, -0.1) is 0 Å². The predicted octanol–water partition coefficient (Wildman–Crippen LogP) is 3.45. The molecule has 0 spiro atoms. The molecule has 0 aromatic heterocycles. The number of carboxylic acid groups (broad SMARTS) is 1. The summed E-state index contributed by atoms with van der Waals surface area (Å²) in [5.74, 6) is -0.803. The molecule has 3 rings (SSSR count). The smallest absolute Gasteiger partial charge is 0.335 e. The molecule has 0 bridgehead atoms. The fraction of sp³-hybridized carbons (Fsp3) is 0.444. The van der Waals surface area contributed by atoms with Crippen molar-refractivity contribution < 1.29 is 24.2 Å². The van der Waals surface area contributed by atoms with E-state index in [9.17, 15) is 9.59 Å². The maximum Gasteiger partial charge on any atom is 0.335 e. The average molecular weight is 467 g/mol. The molecular weight excluding hydrogens is 432 g/mol. The number of aliphatic carboxylic acids is 1. The Morgan fingerprint density at radius 1 is 1.09 bits per heavy atom. The van der Waals surface area contributed by atoms with E-state index in [0.29, 0.717) is 32.7 Å². The molecule has 2 N–H and O–H groups in total. The summed E-state index contributed by atoms with van der Waals surface area (Å²) < 4.78 is 11.1. The fourth-order valence-corrected chi connectivity index (χ4v) is 3.76. The van der Waals surface area contributed by atoms with Gasteiger partial charge in [0.1, 0.15) is 0 Å². The number of nitrogens with zero attached hydrogens (tertiary/aromatic N) is 1. The van der Waals surface area contributed by atoms with E-state index in [1.165, 1.54) is 19.4 Å². The second-order valence-electron chi connectivity index (χ2n) is 9.02. The molecule has 1 aliphatic rings. The molecule has 0 aliphatic carbocycles. The molecule has 1 aliphatic heterocycles. The average Bonchev–Trinajstić information content (AvgIpc) is 2.83. The normalized spacial score (nSPS) is 17.5. The highest BCUT2D eigenvalue weighted by Gasteiger charge is 2.27. The molecule has 0 saturated carbocycles. The van der Waals surface area contributed by atoms with Gasteiger partial charge in [-0.2, -0.15) is 0 Å². The predicted molar refractivity (Wildman–Crippen MR) is 131 cm³/mol. The third-order valence-electron chi connectivity index (χ3n) is 5.88. The van der Waals surface area contributed by atoms with Crippen molar-refractivity contribution in [2.75, 3.05) is 26.4 Å². The molecule has 0 radical (unpaired) electrons. The number of ether oxygens (including phenoxy) is 2. The van der Waals surface area contributed by atoms with Gasteiger partial charge in [0, 0.05) is 24.6 Å². The van der Waals surface area contributed by atoms with Gasteiger partial charge in [-0.1, -0.05) is 54.6 Å². The highest BCUT2D eigenvalue weighted by Crippen LogP contribution is 2.19. The second-order valence-corrected chi connectivity index (χ2v) is 9.02. The van der Waals surface area contributed by atoms with Gasteiger partial charge in [0.2, 0.25) is 5.91 Å². The highest BCUT2D eigenvalue weighted by atomic mass is 16.5. The zero-order valence-corrected chi connectivity index (χ0v) is 20.0. The van der Waals surface area contributed by atoms with Crippen LogP contribution in [0.3, 0.4) is 0 Å². The van der Waals surface area contributed by atoms with Crippen molar-refractivity contribution >= 4 is 17.6 Å². The third kappa shape index (κ3) is 8.08. The number of hydrogen-bond acceptors (Lipinski definition) is 5. The Morgan fingerprint density at radius 2 is 1.79 bits per heavy atom. The van der Waals surface area contributed by atoms with Crippen molar-refractivity contribution in [3.8, 4) is 0 Å². The van der Waals surface area contributed by atoms with Gasteiger partial charge < -0.3 is 19.9 Å².